The Labute approximate surface area is 203 Å². The van der Waals surface area contributed by atoms with E-state index in [1.54, 1.807) is 6.07 Å². The predicted octanol–water partition coefficient (Wildman–Crippen LogP) is 7.21. The fraction of sp³-hybridized carbons (Fsp3) is 0.0952. The highest BCUT2D eigenvalue weighted by Crippen LogP contribution is 2.35. The maximum absolute atomic E-state index is 13.8. The first-order chi connectivity index (χ1) is 15.6. The molecule has 1 amide bonds. The Balaban J connectivity index is 1.78. The molecule has 12 heteroatoms. The van der Waals surface area contributed by atoms with Crippen molar-refractivity contribution in [3.05, 3.63) is 79.2 Å². The van der Waals surface area contributed by atoms with Gasteiger partial charge < -0.3 is 9.88 Å². The van der Waals surface area contributed by atoms with E-state index < -0.39 is 30.2 Å². The normalized spacial score (nSPS) is 11.7. The van der Waals surface area contributed by atoms with E-state index in [1.807, 2.05) is 0 Å². The van der Waals surface area contributed by atoms with E-state index >= 15 is 0 Å². The van der Waals surface area contributed by atoms with Gasteiger partial charge in [0.15, 0.2) is 5.78 Å². The molecule has 0 atom stereocenters. The van der Waals surface area contributed by atoms with Crippen molar-refractivity contribution in [1.82, 2.24) is 9.55 Å². The van der Waals surface area contributed by atoms with Crippen LogP contribution in [0.1, 0.15) is 25.9 Å². The fourth-order valence-electron chi connectivity index (χ4n) is 3.21. The quantitative estimate of drug-likeness (QED) is 0.276. The maximum atomic E-state index is 13.8. The maximum Gasteiger partial charge on any atom is 0.449 e. The smallest absolute Gasteiger partial charge is 0.320 e. The van der Waals surface area contributed by atoms with Crippen LogP contribution >= 0.6 is 46.1 Å². The molecule has 0 bridgehead atoms. The summed E-state index contributed by atoms with van der Waals surface area (Å²) in [5.41, 5.74) is -0.151. The monoisotopic (exact) mass is 531 g/mol. The van der Waals surface area contributed by atoms with Crippen LogP contribution in [0.25, 0.3) is 11.0 Å². The number of fused-ring (bicyclic) bond motifs is 1. The van der Waals surface area contributed by atoms with E-state index in [0.29, 0.717) is 4.34 Å². The van der Waals surface area contributed by atoms with Crippen molar-refractivity contribution in [3.63, 3.8) is 0 Å². The topological polar surface area (TPSA) is 64.0 Å². The van der Waals surface area contributed by atoms with Gasteiger partial charge in [0.1, 0.15) is 5.52 Å². The lowest BCUT2D eigenvalue weighted by atomic mass is 10.2. The van der Waals surface area contributed by atoms with Crippen LogP contribution in [0, 0.1) is 0 Å². The molecular weight excluding hydrogens is 522 g/mol. The molecule has 2 aromatic heterocycles. The van der Waals surface area contributed by atoms with Crippen molar-refractivity contribution in [2.75, 3.05) is 5.32 Å². The Morgan fingerprint density at radius 2 is 1.67 bits per heavy atom. The second-order valence-electron chi connectivity index (χ2n) is 6.77. The molecule has 0 saturated carbocycles. The molecule has 0 aliphatic rings. The van der Waals surface area contributed by atoms with Crippen molar-refractivity contribution >= 4 is 74.6 Å². The van der Waals surface area contributed by atoms with Gasteiger partial charge in [-0.25, -0.2) is 4.98 Å². The van der Waals surface area contributed by atoms with E-state index in [0.717, 1.165) is 15.9 Å². The zero-order chi connectivity index (χ0) is 23.9. The number of hydrogen-bond donors (Lipinski definition) is 1. The first-order valence-electron chi connectivity index (χ1n) is 9.16. The molecule has 0 fully saturated rings. The number of rotatable bonds is 5. The van der Waals surface area contributed by atoms with Gasteiger partial charge in [-0.1, -0.05) is 46.9 Å². The molecule has 0 saturated heterocycles. The minimum Gasteiger partial charge on any atom is -0.320 e. The molecule has 0 aliphatic carbocycles. The van der Waals surface area contributed by atoms with Gasteiger partial charge in [-0.2, -0.15) is 13.2 Å². The van der Waals surface area contributed by atoms with Crippen molar-refractivity contribution in [2.24, 2.45) is 0 Å². The molecule has 1 N–H and O–H groups in total. The third-order valence-corrected chi connectivity index (χ3v) is 6.52. The molecule has 2 aromatic carbocycles. The summed E-state index contributed by atoms with van der Waals surface area (Å²) >= 11 is 18.9. The zero-order valence-corrected chi connectivity index (χ0v) is 19.3. The molecule has 0 aliphatic heterocycles. The van der Waals surface area contributed by atoms with Crippen LogP contribution in [0.3, 0.4) is 0 Å². The summed E-state index contributed by atoms with van der Waals surface area (Å²) < 4.78 is 42.4. The van der Waals surface area contributed by atoms with Crippen molar-refractivity contribution < 1.29 is 22.8 Å². The number of alkyl halides is 3. The van der Waals surface area contributed by atoms with E-state index in [4.69, 9.17) is 34.8 Å². The average molecular weight is 533 g/mol. The number of thiophene rings is 1. The molecule has 0 radical (unpaired) electrons. The van der Waals surface area contributed by atoms with Gasteiger partial charge in [-0.15, -0.1) is 11.3 Å². The number of imidazole rings is 1. The van der Waals surface area contributed by atoms with Crippen LogP contribution < -0.4 is 5.32 Å². The Hall–Kier alpha value is -2.59. The first-order valence-corrected chi connectivity index (χ1v) is 11.1. The van der Waals surface area contributed by atoms with Crippen LogP contribution in [0.5, 0.6) is 0 Å². The van der Waals surface area contributed by atoms with Crippen molar-refractivity contribution in [1.29, 1.82) is 0 Å². The Kier molecular flexibility index (Phi) is 6.41. The van der Waals surface area contributed by atoms with Gasteiger partial charge in [-0.05, 0) is 36.4 Å². The SMILES string of the molecule is O=C(Cn1c(C(F)(F)F)nc2c(NC(=O)c3c(Cl)cccc3Cl)cccc21)c1ccc(Cl)s1. The van der Waals surface area contributed by atoms with Gasteiger partial charge >= 0.3 is 6.18 Å². The number of anilines is 1. The first kappa shape index (κ1) is 23.6. The fourth-order valence-corrected chi connectivity index (χ4v) is 4.75. The predicted molar refractivity (Wildman–Crippen MR) is 123 cm³/mol. The minimum absolute atomic E-state index is 0.00403. The Morgan fingerprint density at radius 1 is 1.00 bits per heavy atom. The van der Waals surface area contributed by atoms with Gasteiger partial charge in [0, 0.05) is 0 Å². The third-order valence-electron chi connectivity index (χ3n) is 4.62. The zero-order valence-electron chi connectivity index (χ0n) is 16.2. The van der Waals surface area contributed by atoms with E-state index in [-0.39, 0.29) is 37.2 Å². The minimum atomic E-state index is -4.85. The lowest BCUT2D eigenvalue weighted by molar-refractivity contribution is -0.146. The van der Waals surface area contributed by atoms with E-state index in [1.165, 1.54) is 42.5 Å². The lowest BCUT2D eigenvalue weighted by Crippen LogP contribution is -2.18. The number of carbonyl (C=O) groups excluding carboxylic acids is 2. The largest absolute Gasteiger partial charge is 0.449 e. The second-order valence-corrected chi connectivity index (χ2v) is 9.30. The number of amides is 1. The number of benzene rings is 2. The van der Waals surface area contributed by atoms with Gasteiger partial charge in [0.2, 0.25) is 5.82 Å². The Morgan fingerprint density at radius 3 is 2.27 bits per heavy atom. The molecule has 4 rings (SSSR count). The summed E-state index contributed by atoms with van der Waals surface area (Å²) in [5, 5.41) is 2.67. The standard InChI is InChI=1S/C21H11Cl3F3N3O2S/c22-10-3-1-4-11(23)17(10)19(32)28-12-5-2-6-13-18(12)29-20(21(25,26)27)30(13)9-14(31)15-7-8-16(24)33-15/h1-8H,9H2,(H,28,32). The van der Waals surface area contributed by atoms with Crippen molar-refractivity contribution in [2.45, 2.75) is 12.7 Å². The summed E-state index contributed by atoms with van der Waals surface area (Å²) in [7, 11) is 0. The molecule has 4 aromatic rings. The Bertz CT molecular complexity index is 1380. The average Bonchev–Trinajstić information content (AvgIpc) is 3.32. The van der Waals surface area contributed by atoms with Gasteiger partial charge in [-0.3, -0.25) is 9.59 Å². The molecular formula is C21H11Cl3F3N3O2S. The molecule has 2 heterocycles. The number of hydrogen-bond acceptors (Lipinski definition) is 4. The van der Waals surface area contributed by atoms with Crippen LogP contribution in [-0.4, -0.2) is 21.2 Å². The van der Waals surface area contributed by atoms with Gasteiger partial charge in [0.05, 0.1) is 42.6 Å². The summed E-state index contributed by atoms with van der Waals surface area (Å²) in [6.07, 6.45) is -4.85. The van der Waals surface area contributed by atoms with E-state index in [9.17, 15) is 22.8 Å². The number of aromatic nitrogens is 2. The number of Topliss-reactive ketones (excluding diaryl/α,β-unsaturated/α-hetero) is 1. The lowest BCUT2D eigenvalue weighted by Gasteiger charge is -2.11. The summed E-state index contributed by atoms with van der Waals surface area (Å²) in [6.45, 7) is -0.615. The molecule has 0 unspecified atom stereocenters. The number of nitrogens with one attached hydrogen (secondary N) is 1. The van der Waals surface area contributed by atoms with Crippen LogP contribution in [0.4, 0.5) is 18.9 Å². The van der Waals surface area contributed by atoms with E-state index in [2.05, 4.69) is 10.3 Å². The highest BCUT2D eigenvalue weighted by molar-refractivity contribution is 7.18. The molecule has 170 valence electrons. The van der Waals surface area contributed by atoms with Crippen LogP contribution in [0.2, 0.25) is 14.4 Å². The molecule has 33 heavy (non-hydrogen) atoms. The highest BCUT2D eigenvalue weighted by Gasteiger charge is 2.38. The number of nitrogens with zero attached hydrogens (tertiary/aromatic N) is 2. The highest BCUT2D eigenvalue weighted by atomic mass is 35.5. The van der Waals surface area contributed by atoms with Crippen LogP contribution in [-0.2, 0) is 12.7 Å². The van der Waals surface area contributed by atoms with Crippen molar-refractivity contribution in [3.8, 4) is 0 Å². The summed E-state index contributed by atoms with van der Waals surface area (Å²) in [5.74, 6) is -2.55. The molecule has 0 spiro atoms. The number of ketones is 1. The molecule has 5 nitrogen and oxygen atoms in total. The second kappa shape index (κ2) is 8.98. The summed E-state index contributed by atoms with van der Waals surface area (Å²) in [4.78, 5) is 29.3. The van der Waals surface area contributed by atoms with Crippen LogP contribution in [0.15, 0.2) is 48.5 Å². The number of halogens is 6. The third kappa shape index (κ3) is 4.72. The number of carbonyl (C=O) groups is 2. The number of para-hydroxylation sites is 1. The van der Waals surface area contributed by atoms with Gasteiger partial charge in [0.25, 0.3) is 5.91 Å². The summed E-state index contributed by atoms with van der Waals surface area (Å²) in [6, 6.07) is 11.6.